The lowest BCUT2D eigenvalue weighted by molar-refractivity contribution is -0.0112. The van der Waals surface area contributed by atoms with Crippen LogP contribution >= 0.6 is 0 Å². The Morgan fingerprint density at radius 1 is 1.42 bits per heavy atom. The van der Waals surface area contributed by atoms with Gasteiger partial charge in [-0.3, -0.25) is 4.57 Å². The Morgan fingerprint density at radius 3 is 3.05 bits per heavy atom. The summed E-state index contributed by atoms with van der Waals surface area (Å²) >= 11 is 0. The van der Waals surface area contributed by atoms with E-state index in [2.05, 4.69) is 28.8 Å². The summed E-state index contributed by atoms with van der Waals surface area (Å²) < 4.78 is 8.11. The lowest BCUT2D eigenvalue weighted by atomic mass is 10.0. The molecule has 2 N–H and O–H groups in total. The number of nitrogens with two attached hydrogens (primary N) is 1. The predicted octanol–water partition coefficient (Wildman–Crippen LogP) is 2.13. The summed E-state index contributed by atoms with van der Waals surface area (Å²) in [5.74, 6) is 0.865. The van der Waals surface area contributed by atoms with Crippen LogP contribution in [0.5, 0.6) is 0 Å². The molecule has 2 aromatic heterocycles. The van der Waals surface area contributed by atoms with E-state index >= 15 is 0 Å². The first kappa shape index (κ1) is 12.3. The van der Waals surface area contributed by atoms with Crippen molar-refractivity contribution in [1.29, 1.82) is 0 Å². The number of rotatable bonds is 3. The van der Waals surface area contributed by atoms with Crippen LogP contribution in [0.3, 0.4) is 0 Å². The zero-order valence-corrected chi connectivity index (χ0v) is 11.3. The minimum absolute atomic E-state index is 0.00384. The third kappa shape index (κ3) is 2.06. The van der Waals surface area contributed by atoms with Crippen molar-refractivity contribution in [2.45, 2.75) is 45.4 Å². The minimum atomic E-state index is -0.00384. The summed E-state index contributed by atoms with van der Waals surface area (Å²) in [7, 11) is 0. The number of fused-ring (bicyclic) bond motifs is 1. The van der Waals surface area contributed by atoms with Crippen LogP contribution in [0, 0.1) is 5.92 Å². The van der Waals surface area contributed by atoms with Crippen molar-refractivity contribution in [3.05, 3.63) is 12.7 Å². The molecule has 3 unspecified atom stereocenters. The Balaban J connectivity index is 1.94. The van der Waals surface area contributed by atoms with Gasteiger partial charge in [0.05, 0.1) is 12.4 Å². The molecule has 3 heterocycles. The molecular formula is C13H19N5O. The first-order valence-corrected chi connectivity index (χ1v) is 6.79. The molecule has 0 aromatic carbocycles. The molecule has 0 amide bonds. The highest BCUT2D eigenvalue weighted by molar-refractivity contribution is 5.81. The van der Waals surface area contributed by atoms with Crippen LogP contribution in [-0.2, 0) is 4.74 Å². The standard InChI is InChI=1S/C13H19N5O/c1-3-4-9-5-8(2)13(19-9)18-7-17-10-11(14)15-6-16-12(10)18/h6-9,13H,3-5H2,1-2H3,(H2,14,15,16). The number of hydrogen-bond donors (Lipinski definition) is 1. The molecule has 19 heavy (non-hydrogen) atoms. The van der Waals surface area contributed by atoms with E-state index in [1.807, 2.05) is 4.57 Å². The van der Waals surface area contributed by atoms with Gasteiger partial charge in [-0.05, 0) is 12.8 Å². The Labute approximate surface area is 112 Å². The quantitative estimate of drug-likeness (QED) is 0.915. The van der Waals surface area contributed by atoms with Crippen molar-refractivity contribution in [3.63, 3.8) is 0 Å². The molecule has 0 aliphatic carbocycles. The summed E-state index contributed by atoms with van der Waals surface area (Å²) in [5.41, 5.74) is 7.21. The fraction of sp³-hybridized carbons (Fsp3) is 0.615. The molecular weight excluding hydrogens is 242 g/mol. The fourth-order valence-electron chi connectivity index (χ4n) is 2.82. The first-order valence-electron chi connectivity index (χ1n) is 6.79. The molecule has 0 bridgehead atoms. The molecule has 6 nitrogen and oxygen atoms in total. The van der Waals surface area contributed by atoms with Crippen LogP contribution < -0.4 is 5.73 Å². The molecule has 1 aliphatic rings. The summed E-state index contributed by atoms with van der Waals surface area (Å²) in [6.07, 6.45) is 6.88. The number of nitrogens with zero attached hydrogens (tertiary/aromatic N) is 4. The molecule has 0 saturated carbocycles. The molecule has 6 heteroatoms. The molecule has 0 radical (unpaired) electrons. The summed E-state index contributed by atoms with van der Waals surface area (Å²) in [5, 5.41) is 0. The SMILES string of the molecule is CCCC1CC(C)C(n2cnc3c(N)ncnc32)O1. The third-order valence-corrected chi connectivity index (χ3v) is 3.73. The van der Waals surface area contributed by atoms with E-state index in [1.54, 1.807) is 6.33 Å². The van der Waals surface area contributed by atoms with Gasteiger partial charge in [0.2, 0.25) is 0 Å². The fourth-order valence-corrected chi connectivity index (χ4v) is 2.82. The maximum absolute atomic E-state index is 6.13. The van der Waals surface area contributed by atoms with E-state index in [9.17, 15) is 0 Å². The van der Waals surface area contributed by atoms with E-state index in [0.717, 1.165) is 24.9 Å². The first-order chi connectivity index (χ1) is 9.20. The van der Waals surface area contributed by atoms with Crippen LogP contribution in [0.1, 0.15) is 39.3 Å². The lowest BCUT2D eigenvalue weighted by Crippen LogP contribution is -2.14. The molecule has 2 aromatic rings. The Kier molecular flexibility index (Phi) is 3.10. The monoisotopic (exact) mass is 261 g/mol. The molecule has 1 fully saturated rings. The smallest absolute Gasteiger partial charge is 0.167 e. The van der Waals surface area contributed by atoms with Crippen LogP contribution in [0.25, 0.3) is 11.2 Å². The third-order valence-electron chi connectivity index (χ3n) is 3.73. The van der Waals surface area contributed by atoms with E-state index in [4.69, 9.17) is 10.5 Å². The van der Waals surface area contributed by atoms with Crippen LogP contribution in [0.4, 0.5) is 5.82 Å². The van der Waals surface area contributed by atoms with Gasteiger partial charge in [-0.15, -0.1) is 0 Å². The number of aromatic nitrogens is 4. The summed E-state index contributed by atoms with van der Waals surface area (Å²) in [6.45, 7) is 4.39. The second kappa shape index (κ2) is 4.77. The zero-order valence-electron chi connectivity index (χ0n) is 11.3. The van der Waals surface area contributed by atoms with Gasteiger partial charge < -0.3 is 10.5 Å². The average Bonchev–Trinajstić information content (AvgIpc) is 2.94. The lowest BCUT2D eigenvalue weighted by Gasteiger charge is -2.17. The Bertz CT molecular complexity index is 581. The second-order valence-corrected chi connectivity index (χ2v) is 5.23. The van der Waals surface area contributed by atoms with Gasteiger partial charge in [0.15, 0.2) is 11.5 Å². The van der Waals surface area contributed by atoms with Gasteiger partial charge >= 0.3 is 0 Å². The number of imidazole rings is 1. The average molecular weight is 261 g/mol. The predicted molar refractivity (Wildman–Crippen MR) is 72.3 cm³/mol. The Morgan fingerprint density at radius 2 is 2.26 bits per heavy atom. The van der Waals surface area contributed by atoms with E-state index in [1.165, 1.54) is 6.33 Å². The molecule has 3 atom stereocenters. The van der Waals surface area contributed by atoms with Crippen molar-refractivity contribution in [1.82, 2.24) is 19.5 Å². The van der Waals surface area contributed by atoms with Crippen LogP contribution in [-0.4, -0.2) is 25.6 Å². The van der Waals surface area contributed by atoms with Crippen molar-refractivity contribution >= 4 is 17.0 Å². The van der Waals surface area contributed by atoms with Crippen LogP contribution in [0.15, 0.2) is 12.7 Å². The molecule has 1 saturated heterocycles. The van der Waals surface area contributed by atoms with E-state index < -0.39 is 0 Å². The molecule has 102 valence electrons. The van der Waals surface area contributed by atoms with Gasteiger partial charge in [-0.2, -0.15) is 0 Å². The molecule has 0 spiro atoms. The number of nitrogen functional groups attached to an aromatic ring is 1. The number of ether oxygens (including phenoxy) is 1. The zero-order chi connectivity index (χ0) is 13.4. The normalized spacial score (nSPS) is 27.2. The maximum Gasteiger partial charge on any atom is 0.167 e. The van der Waals surface area contributed by atoms with Crippen molar-refractivity contribution < 1.29 is 4.74 Å². The van der Waals surface area contributed by atoms with Gasteiger partial charge in [-0.1, -0.05) is 20.3 Å². The minimum Gasteiger partial charge on any atom is -0.382 e. The van der Waals surface area contributed by atoms with Crippen molar-refractivity contribution in [2.75, 3.05) is 5.73 Å². The number of anilines is 1. The highest BCUT2D eigenvalue weighted by Gasteiger charge is 2.33. The Hall–Kier alpha value is -1.69. The highest BCUT2D eigenvalue weighted by Crippen LogP contribution is 2.37. The largest absolute Gasteiger partial charge is 0.382 e. The van der Waals surface area contributed by atoms with Crippen molar-refractivity contribution in [2.24, 2.45) is 5.92 Å². The van der Waals surface area contributed by atoms with Gasteiger partial charge in [0.1, 0.15) is 18.1 Å². The highest BCUT2D eigenvalue weighted by atomic mass is 16.5. The topological polar surface area (TPSA) is 78.9 Å². The van der Waals surface area contributed by atoms with E-state index in [0.29, 0.717) is 23.4 Å². The van der Waals surface area contributed by atoms with Crippen molar-refractivity contribution in [3.8, 4) is 0 Å². The molecule has 3 rings (SSSR count). The number of hydrogen-bond acceptors (Lipinski definition) is 5. The van der Waals surface area contributed by atoms with Gasteiger partial charge in [0.25, 0.3) is 0 Å². The summed E-state index contributed by atoms with van der Waals surface area (Å²) in [4.78, 5) is 12.5. The van der Waals surface area contributed by atoms with E-state index in [-0.39, 0.29) is 6.23 Å². The second-order valence-electron chi connectivity index (χ2n) is 5.23. The maximum atomic E-state index is 6.13. The van der Waals surface area contributed by atoms with Gasteiger partial charge in [-0.25, -0.2) is 15.0 Å². The molecule has 1 aliphatic heterocycles. The van der Waals surface area contributed by atoms with Gasteiger partial charge in [0, 0.05) is 5.92 Å². The summed E-state index contributed by atoms with van der Waals surface area (Å²) in [6, 6.07) is 0. The van der Waals surface area contributed by atoms with Crippen LogP contribution in [0.2, 0.25) is 0 Å².